The maximum Gasteiger partial charge on any atom is 0.254 e. The fraction of sp³-hybridized carbons (Fsp3) is 0.280. The second-order valence-electron chi connectivity index (χ2n) is 8.11. The smallest absolute Gasteiger partial charge is 0.254 e. The number of para-hydroxylation sites is 2. The molecule has 0 unspecified atom stereocenters. The SMILES string of the molecule is CCOc1ccccc1N1CCN(C(=O)c2cc(-c3ccc(C)s3)cc(-n3cnnn3)c2)CC1. The van der Waals surface area contributed by atoms with Crippen LogP contribution in [0.2, 0.25) is 0 Å². The largest absolute Gasteiger partial charge is 0.492 e. The highest BCUT2D eigenvalue weighted by Gasteiger charge is 2.25. The summed E-state index contributed by atoms with van der Waals surface area (Å²) in [5.41, 5.74) is 3.46. The predicted octanol–water partition coefficient (Wildman–Crippen LogP) is 4.06. The molecule has 0 atom stereocenters. The second kappa shape index (κ2) is 9.64. The summed E-state index contributed by atoms with van der Waals surface area (Å²) in [5, 5.41) is 11.5. The lowest BCUT2D eigenvalue weighted by Crippen LogP contribution is -2.48. The van der Waals surface area contributed by atoms with Crippen molar-refractivity contribution >= 4 is 22.9 Å². The van der Waals surface area contributed by atoms with Crippen LogP contribution in [0.15, 0.2) is 60.9 Å². The Morgan fingerprint density at radius 1 is 1.06 bits per heavy atom. The molecule has 1 aliphatic heterocycles. The molecule has 174 valence electrons. The van der Waals surface area contributed by atoms with Gasteiger partial charge in [-0.2, -0.15) is 0 Å². The number of thiophene rings is 1. The number of benzene rings is 2. The zero-order valence-corrected chi connectivity index (χ0v) is 20.0. The zero-order valence-electron chi connectivity index (χ0n) is 19.2. The number of nitrogens with zero attached hydrogens (tertiary/aromatic N) is 6. The molecule has 0 spiro atoms. The van der Waals surface area contributed by atoms with Gasteiger partial charge in [-0.25, -0.2) is 4.68 Å². The minimum Gasteiger partial charge on any atom is -0.492 e. The molecular weight excluding hydrogens is 448 g/mol. The summed E-state index contributed by atoms with van der Waals surface area (Å²) in [6.45, 7) is 7.47. The van der Waals surface area contributed by atoms with Gasteiger partial charge in [-0.05, 0) is 72.3 Å². The zero-order chi connectivity index (χ0) is 23.5. The molecule has 9 heteroatoms. The molecule has 2 aromatic carbocycles. The molecule has 0 radical (unpaired) electrons. The first-order valence-corrected chi connectivity index (χ1v) is 12.2. The van der Waals surface area contributed by atoms with E-state index in [9.17, 15) is 4.79 Å². The molecule has 34 heavy (non-hydrogen) atoms. The van der Waals surface area contributed by atoms with Crippen LogP contribution in [0, 0.1) is 6.92 Å². The average Bonchev–Trinajstić information content (AvgIpc) is 3.56. The van der Waals surface area contributed by atoms with E-state index in [1.807, 2.05) is 48.2 Å². The summed E-state index contributed by atoms with van der Waals surface area (Å²) in [7, 11) is 0. The molecule has 5 rings (SSSR count). The summed E-state index contributed by atoms with van der Waals surface area (Å²) in [6.07, 6.45) is 1.54. The van der Waals surface area contributed by atoms with Crippen LogP contribution < -0.4 is 9.64 Å². The number of piperazine rings is 1. The van der Waals surface area contributed by atoms with E-state index < -0.39 is 0 Å². The van der Waals surface area contributed by atoms with Crippen LogP contribution in [-0.2, 0) is 0 Å². The van der Waals surface area contributed by atoms with Crippen molar-refractivity contribution in [1.29, 1.82) is 0 Å². The van der Waals surface area contributed by atoms with E-state index in [1.165, 1.54) is 4.88 Å². The number of ether oxygens (including phenoxy) is 1. The van der Waals surface area contributed by atoms with Crippen LogP contribution in [0.3, 0.4) is 0 Å². The van der Waals surface area contributed by atoms with Crippen molar-refractivity contribution in [3.63, 3.8) is 0 Å². The topological polar surface area (TPSA) is 76.4 Å². The lowest BCUT2D eigenvalue weighted by atomic mass is 10.1. The summed E-state index contributed by atoms with van der Waals surface area (Å²) < 4.78 is 7.39. The van der Waals surface area contributed by atoms with E-state index in [0.717, 1.165) is 40.7 Å². The number of tetrazole rings is 1. The summed E-state index contributed by atoms with van der Waals surface area (Å²) in [6, 6.07) is 18.1. The Morgan fingerprint density at radius 3 is 2.59 bits per heavy atom. The summed E-state index contributed by atoms with van der Waals surface area (Å²) in [4.78, 5) is 20.1. The Balaban J connectivity index is 1.38. The molecule has 1 amide bonds. The molecule has 0 saturated carbocycles. The first-order valence-electron chi connectivity index (χ1n) is 11.3. The first kappa shape index (κ1) is 22.1. The van der Waals surface area contributed by atoms with Gasteiger partial charge in [0.1, 0.15) is 12.1 Å². The van der Waals surface area contributed by atoms with Crippen molar-refractivity contribution in [3.8, 4) is 21.9 Å². The monoisotopic (exact) mass is 474 g/mol. The molecule has 8 nitrogen and oxygen atoms in total. The maximum absolute atomic E-state index is 13.5. The van der Waals surface area contributed by atoms with Crippen molar-refractivity contribution in [1.82, 2.24) is 25.1 Å². The average molecular weight is 475 g/mol. The Bertz CT molecular complexity index is 1280. The van der Waals surface area contributed by atoms with Gasteiger partial charge in [-0.3, -0.25) is 4.79 Å². The van der Waals surface area contributed by atoms with E-state index in [0.29, 0.717) is 25.3 Å². The third-order valence-electron chi connectivity index (χ3n) is 5.88. The third-order valence-corrected chi connectivity index (χ3v) is 6.93. The van der Waals surface area contributed by atoms with Crippen LogP contribution in [0.5, 0.6) is 5.75 Å². The van der Waals surface area contributed by atoms with Crippen LogP contribution >= 0.6 is 11.3 Å². The van der Waals surface area contributed by atoms with Crippen LogP contribution in [0.4, 0.5) is 5.69 Å². The molecule has 0 bridgehead atoms. The van der Waals surface area contributed by atoms with Gasteiger partial charge in [0.2, 0.25) is 0 Å². The van der Waals surface area contributed by atoms with Crippen molar-refractivity contribution in [2.24, 2.45) is 0 Å². The van der Waals surface area contributed by atoms with E-state index in [1.54, 1.807) is 22.3 Å². The van der Waals surface area contributed by atoms with Gasteiger partial charge in [0.15, 0.2) is 0 Å². The highest BCUT2D eigenvalue weighted by molar-refractivity contribution is 7.15. The summed E-state index contributed by atoms with van der Waals surface area (Å²) >= 11 is 1.70. The molecule has 0 N–H and O–H groups in total. The fourth-order valence-electron chi connectivity index (χ4n) is 4.21. The number of carbonyl (C=O) groups excluding carboxylic acids is 1. The van der Waals surface area contributed by atoms with E-state index in [2.05, 4.69) is 45.5 Å². The lowest BCUT2D eigenvalue weighted by molar-refractivity contribution is 0.0746. The first-order chi connectivity index (χ1) is 16.6. The molecule has 1 fully saturated rings. The van der Waals surface area contributed by atoms with Crippen LogP contribution in [0.1, 0.15) is 22.2 Å². The quantitative estimate of drug-likeness (QED) is 0.420. The highest BCUT2D eigenvalue weighted by atomic mass is 32.1. The number of aryl methyl sites for hydroxylation is 1. The molecule has 0 aliphatic carbocycles. The Kier molecular flexibility index (Phi) is 6.27. The van der Waals surface area contributed by atoms with Gasteiger partial charge in [-0.1, -0.05) is 12.1 Å². The fourth-order valence-corrected chi connectivity index (χ4v) is 5.06. The van der Waals surface area contributed by atoms with Gasteiger partial charge >= 0.3 is 0 Å². The van der Waals surface area contributed by atoms with Crippen molar-refractivity contribution in [2.75, 3.05) is 37.7 Å². The van der Waals surface area contributed by atoms with Crippen LogP contribution in [-0.4, -0.2) is 63.8 Å². The normalized spacial score (nSPS) is 13.8. The van der Waals surface area contributed by atoms with Gasteiger partial charge in [0.05, 0.1) is 18.0 Å². The van der Waals surface area contributed by atoms with E-state index >= 15 is 0 Å². The number of hydrogen-bond acceptors (Lipinski definition) is 7. The predicted molar refractivity (Wildman–Crippen MR) is 133 cm³/mol. The number of anilines is 1. The van der Waals surface area contributed by atoms with Crippen molar-refractivity contribution in [3.05, 3.63) is 71.4 Å². The van der Waals surface area contributed by atoms with Gasteiger partial charge in [-0.15, -0.1) is 16.4 Å². The van der Waals surface area contributed by atoms with Crippen molar-refractivity contribution in [2.45, 2.75) is 13.8 Å². The second-order valence-corrected chi connectivity index (χ2v) is 9.40. The highest BCUT2D eigenvalue weighted by Crippen LogP contribution is 2.32. The Morgan fingerprint density at radius 2 is 1.88 bits per heavy atom. The molecule has 3 heterocycles. The third kappa shape index (κ3) is 4.51. The maximum atomic E-state index is 13.5. The van der Waals surface area contributed by atoms with Gasteiger partial charge in [0.25, 0.3) is 5.91 Å². The molecule has 4 aromatic rings. The number of aromatic nitrogens is 4. The standard InChI is InChI=1S/C25H26N6O2S/c1-3-33-23-7-5-4-6-22(23)29-10-12-30(13-11-29)25(32)20-14-19(24-9-8-18(2)34-24)15-21(16-20)31-17-26-27-28-31/h4-9,14-17H,3,10-13H2,1-2H3. The molecule has 1 saturated heterocycles. The minimum atomic E-state index is 0.0159. The minimum absolute atomic E-state index is 0.0159. The lowest BCUT2D eigenvalue weighted by Gasteiger charge is -2.36. The van der Waals surface area contributed by atoms with Crippen molar-refractivity contribution < 1.29 is 9.53 Å². The number of hydrogen-bond donors (Lipinski definition) is 0. The number of carbonyl (C=O) groups is 1. The number of rotatable bonds is 6. The number of amides is 1. The Labute approximate surface area is 202 Å². The van der Waals surface area contributed by atoms with E-state index in [-0.39, 0.29) is 5.91 Å². The summed E-state index contributed by atoms with van der Waals surface area (Å²) in [5.74, 6) is 0.900. The van der Waals surface area contributed by atoms with Crippen LogP contribution in [0.25, 0.3) is 16.1 Å². The van der Waals surface area contributed by atoms with Gasteiger partial charge < -0.3 is 14.5 Å². The Hall–Kier alpha value is -3.72. The molecular formula is C25H26N6O2S. The van der Waals surface area contributed by atoms with Gasteiger partial charge in [0, 0.05) is 41.5 Å². The van der Waals surface area contributed by atoms with E-state index in [4.69, 9.17) is 4.74 Å². The molecule has 2 aromatic heterocycles. The molecule has 1 aliphatic rings.